The molecule has 0 saturated carbocycles. The fraction of sp³-hybridized carbons (Fsp3) is 0.435. The summed E-state index contributed by atoms with van der Waals surface area (Å²) in [6.45, 7) is 11.1. The van der Waals surface area contributed by atoms with Gasteiger partial charge in [0, 0.05) is 26.2 Å². The quantitative estimate of drug-likeness (QED) is 0.729. The van der Waals surface area contributed by atoms with Crippen molar-refractivity contribution in [3.63, 3.8) is 0 Å². The Morgan fingerprint density at radius 2 is 1.58 bits per heavy atom. The summed E-state index contributed by atoms with van der Waals surface area (Å²) in [5, 5.41) is 3.45. The van der Waals surface area contributed by atoms with Crippen molar-refractivity contribution in [2.75, 3.05) is 31.5 Å². The number of hydrogen-bond acceptors (Lipinski definition) is 4. The first-order valence-electron chi connectivity index (χ1n) is 10.4. The number of benzene rings is 2. The number of anilines is 1. The van der Waals surface area contributed by atoms with Crippen molar-refractivity contribution in [2.45, 2.75) is 45.6 Å². The number of nitrogens with zero attached hydrogens (tertiary/aromatic N) is 2. The lowest BCUT2D eigenvalue weighted by Crippen LogP contribution is -2.54. The van der Waals surface area contributed by atoms with Gasteiger partial charge in [0.15, 0.2) is 0 Å². The lowest BCUT2D eigenvalue weighted by atomic mass is 10.1. The Balaban J connectivity index is 1.65. The maximum atomic E-state index is 13.1. The zero-order chi connectivity index (χ0) is 22.9. The number of sulfonamides is 1. The zero-order valence-electron chi connectivity index (χ0n) is 18.7. The molecule has 1 fully saturated rings. The average molecular weight is 464 g/mol. The van der Waals surface area contributed by atoms with Crippen LogP contribution in [0.3, 0.4) is 0 Å². The van der Waals surface area contributed by atoms with E-state index in [9.17, 15) is 13.2 Å². The third-order valence-electron chi connectivity index (χ3n) is 5.83. The Bertz CT molecular complexity index is 1070. The summed E-state index contributed by atoms with van der Waals surface area (Å²) in [6, 6.07) is 8.78. The van der Waals surface area contributed by atoms with E-state index in [1.807, 2.05) is 63.8 Å². The van der Waals surface area contributed by atoms with Crippen LogP contribution >= 0.6 is 11.6 Å². The van der Waals surface area contributed by atoms with E-state index >= 15 is 0 Å². The Labute approximate surface area is 190 Å². The molecule has 3 rings (SSSR count). The average Bonchev–Trinajstić information content (AvgIpc) is 2.69. The molecule has 168 valence electrons. The monoisotopic (exact) mass is 463 g/mol. The van der Waals surface area contributed by atoms with E-state index in [0.717, 1.165) is 22.3 Å². The van der Waals surface area contributed by atoms with E-state index < -0.39 is 16.1 Å². The number of aryl methyl sites for hydroxylation is 4. The van der Waals surface area contributed by atoms with E-state index in [0.29, 0.717) is 41.8 Å². The van der Waals surface area contributed by atoms with E-state index in [2.05, 4.69) is 5.32 Å². The van der Waals surface area contributed by atoms with Gasteiger partial charge in [0.25, 0.3) is 0 Å². The number of carbonyl (C=O) groups is 1. The summed E-state index contributed by atoms with van der Waals surface area (Å²) in [6.07, 6.45) is 0. The number of hydrogen-bond donors (Lipinski definition) is 1. The third kappa shape index (κ3) is 5.12. The zero-order valence-corrected chi connectivity index (χ0v) is 20.3. The standard InChI is InChI=1S/C23H30ClN3O3S/c1-15-6-7-21(17(3)12-15)31(29,30)27-10-8-26(9-11-27)19(5)23(28)25-22-18(4)13-16(2)14-20(22)24/h6-7,12-14,19H,8-11H2,1-5H3,(H,25,28). The summed E-state index contributed by atoms with van der Waals surface area (Å²) in [5.41, 5.74) is 4.36. The minimum absolute atomic E-state index is 0.153. The van der Waals surface area contributed by atoms with Crippen LogP contribution in [0.4, 0.5) is 5.69 Å². The molecule has 6 nitrogen and oxygen atoms in total. The molecule has 1 saturated heterocycles. The number of nitrogens with one attached hydrogen (secondary N) is 1. The first-order valence-corrected chi connectivity index (χ1v) is 12.2. The van der Waals surface area contributed by atoms with Crippen LogP contribution in [0.2, 0.25) is 5.02 Å². The highest BCUT2D eigenvalue weighted by Crippen LogP contribution is 2.28. The number of rotatable bonds is 5. The molecular weight excluding hydrogens is 434 g/mol. The van der Waals surface area contributed by atoms with Crippen molar-refractivity contribution < 1.29 is 13.2 Å². The Kier molecular flexibility index (Phi) is 7.11. The smallest absolute Gasteiger partial charge is 0.243 e. The van der Waals surface area contributed by atoms with E-state index in [-0.39, 0.29) is 5.91 Å². The molecule has 0 spiro atoms. The van der Waals surface area contributed by atoms with Crippen LogP contribution in [0.1, 0.15) is 29.2 Å². The number of piperazine rings is 1. The third-order valence-corrected chi connectivity index (χ3v) is 8.19. The van der Waals surface area contributed by atoms with Crippen molar-refractivity contribution in [3.8, 4) is 0 Å². The van der Waals surface area contributed by atoms with E-state index in [1.54, 1.807) is 6.07 Å². The van der Waals surface area contributed by atoms with Gasteiger partial charge in [-0.25, -0.2) is 8.42 Å². The second-order valence-electron chi connectivity index (χ2n) is 8.31. The minimum Gasteiger partial charge on any atom is -0.323 e. The van der Waals surface area contributed by atoms with Crippen LogP contribution in [-0.4, -0.2) is 55.8 Å². The van der Waals surface area contributed by atoms with Crippen LogP contribution in [0.25, 0.3) is 0 Å². The Morgan fingerprint density at radius 3 is 2.16 bits per heavy atom. The highest BCUT2D eigenvalue weighted by molar-refractivity contribution is 7.89. The molecule has 1 atom stereocenters. The number of amides is 1. The van der Waals surface area contributed by atoms with Crippen LogP contribution in [0.15, 0.2) is 35.2 Å². The molecule has 0 aromatic heterocycles. The lowest BCUT2D eigenvalue weighted by Gasteiger charge is -2.37. The van der Waals surface area contributed by atoms with Gasteiger partial charge in [-0.2, -0.15) is 4.31 Å². The normalized spacial score (nSPS) is 16.8. The lowest BCUT2D eigenvalue weighted by molar-refractivity contribution is -0.121. The first kappa shape index (κ1) is 23.7. The summed E-state index contributed by atoms with van der Waals surface area (Å²) < 4.78 is 27.7. The van der Waals surface area contributed by atoms with Gasteiger partial charge in [-0.3, -0.25) is 9.69 Å². The second-order valence-corrected chi connectivity index (χ2v) is 10.6. The molecule has 1 heterocycles. The molecule has 31 heavy (non-hydrogen) atoms. The van der Waals surface area contributed by atoms with Crippen molar-refractivity contribution in [2.24, 2.45) is 0 Å². The van der Waals surface area contributed by atoms with Gasteiger partial charge >= 0.3 is 0 Å². The summed E-state index contributed by atoms with van der Waals surface area (Å²) in [5.74, 6) is -0.153. The molecule has 1 unspecified atom stereocenters. The van der Waals surface area contributed by atoms with Gasteiger partial charge in [-0.15, -0.1) is 0 Å². The van der Waals surface area contributed by atoms with Crippen LogP contribution in [0.5, 0.6) is 0 Å². The van der Waals surface area contributed by atoms with Gasteiger partial charge in [0.2, 0.25) is 15.9 Å². The second kappa shape index (κ2) is 9.28. The van der Waals surface area contributed by atoms with Crippen LogP contribution in [0, 0.1) is 27.7 Å². The number of carbonyl (C=O) groups excluding carboxylic acids is 1. The van der Waals surface area contributed by atoms with Gasteiger partial charge in [-0.05, 0) is 63.4 Å². The van der Waals surface area contributed by atoms with E-state index in [4.69, 9.17) is 11.6 Å². The van der Waals surface area contributed by atoms with Gasteiger partial charge in [0.1, 0.15) is 0 Å². The van der Waals surface area contributed by atoms with Crippen molar-refractivity contribution in [1.82, 2.24) is 9.21 Å². The minimum atomic E-state index is -3.55. The molecule has 0 bridgehead atoms. The largest absolute Gasteiger partial charge is 0.323 e. The Morgan fingerprint density at radius 1 is 0.968 bits per heavy atom. The summed E-state index contributed by atoms with van der Waals surface area (Å²) >= 11 is 6.32. The molecule has 2 aromatic carbocycles. The molecular formula is C23H30ClN3O3S. The highest BCUT2D eigenvalue weighted by Gasteiger charge is 2.32. The van der Waals surface area contributed by atoms with Crippen molar-refractivity contribution in [3.05, 3.63) is 57.6 Å². The molecule has 8 heteroatoms. The summed E-state index contributed by atoms with van der Waals surface area (Å²) in [7, 11) is -3.55. The van der Waals surface area contributed by atoms with Crippen LogP contribution in [-0.2, 0) is 14.8 Å². The molecule has 0 aliphatic carbocycles. The number of halogens is 1. The van der Waals surface area contributed by atoms with Gasteiger partial charge in [0.05, 0.1) is 21.6 Å². The maximum absolute atomic E-state index is 13.1. The molecule has 1 aliphatic rings. The molecule has 1 aliphatic heterocycles. The maximum Gasteiger partial charge on any atom is 0.243 e. The van der Waals surface area contributed by atoms with Gasteiger partial charge in [-0.1, -0.05) is 35.4 Å². The predicted molar refractivity (Wildman–Crippen MR) is 125 cm³/mol. The van der Waals surface area contributed by atoms with Gasteiger partial charge < -0.3 is 5.32 Å². The highest BCUT2D eigenvalue weighted by atomic mass is 35.5. The van der Waals surface area contributed by atoms with Crippen molar-refractivity contribution in [1.29, 1.82) is 0 Å². The van der Waals surface area contributed by atoms with E-state index in [1.165, 1.54) is 4.31 Å². The predicted octanol–water partition coefficient (Wildman–Crippen LogP) is 3.91. The fourth-order valence-electron chi connectivity index (χ4n) is 4.03. The summed E-state index contributed by atoms with van der Waals surface area (Å²) in [4.78, 5) is 15.2. The Hall–Kier alpha value is -1.93. The topological polar surface area (TPSA) is 69.7 Å². The first-order chi connectivity index (χ1) is 14.5. The molecule has 0 radical (unpaired) electrons. The SMILES string of the molecule is Cc1ccc(S(=O)(=O)N2CCN(C(C)C(=O)Nc3c(C)cc(C)cc3Cl)CC2)c(C)c1. The van der Waals surface area contributed by atoms with Crippen LogP contribution < -0.4 is 5.32 Å². The molecule has 1 N–H and O–H groups in total. The molecule has 2 aromatic rings. The fourth-order valence-corrected chi connectivity index (χ4v) is 6.02. The molecule has 1 amide bonds. The van der Waals surface area contributed by atoms with Crippen molar-refractivity contribution >= 4 is 33.2 Å².